The van der Waals surface area contributed by atoms with Crippen LogP contribution in [-0.2, 0) is 6.54 Å². The maximum atomic E-state index is 12.3. The third-order valence-corrected chi connectivity index (χ3v) is 3.16. The van der Waals surface area contributed by atoms with Gasteiger partial charge in [0.2, 0.25) is 0 Å². The van der Waals surface area contributed by atoms with Gasteiger partial charge in [-0.2, -0.15) is 8.78 Å². The summed E-state index contributed by atoms with van der Waals surface area (Å²) in [5, 5.41) is 8.93. The van der Waals surface area contributed by atoms with Crippen molar-refractivity contribution in [1.29, 1.82) is 0 Å². The van der Waals surface area contributed by atoms with Crippen molar-refractivity contribution >= 4 is 0 Å². The second-order valence-electron chi connectivity index (χ2n) is 5.01. The molecule has 0 aromatic heterocycles. The highest BCUT2D eigenvalue weighted by atomic mass is 19.3. The summed E-state index contributed by atoms with van der Waals surface area (Å²) < 4.78 is 34.1. The number of hydrogen-bond donors (Lipinski definition) is 1. The highest BCUT2D eigenvalue weighted by molar-refractivity contribution is 5.43. The van der Waals surface area contributed by atoms with Crippen LogP contribution in [0.5, 0.6) is 11.5 Å². The molecule has 1 rings (SSSR count). The molecule has 1 N–H and O–H groups in total. The summed E-state index contributed by atoms with van der Waals surface area (Å²) >= 11 is 0. The van der Waals surface area contributed by atoms with Crippen LogP contribution in [0.1, 0.15) is 25.8 Å². The summed E-state index contributed by atoms with van der Waals surface area (Å²) in [6, 6.07) is 5.26. The van der Waals surface area contributed by atoms with Crippen molar-refractivity contribution in [3.8, 4) is 11.5 Å². The monoisotopic (exact) mass is 303 g/mol. The number of alkyl halides is 2. The van der Waals surface area contributed by atoms with Crippen molar-refractivity contribution in [3.63, 3.8) is 0 Å². The lowest BCUT2D eigenvalue weighted by Crippen LogP contribution is -2.31. The van der Waals surface area contributed by atoms with E-state index in [0.29, 0.717) is 24.8 Å². The Labute approximate surface area is 124 Å². The fourth-order valence-electron chi connectivity index (χ4n) is 2.03. The highest BCUT2D eigenvalue weighted by Crippen LogP contribution is 2.30. The summed E-state index contributed by atoms with van der Waals surface area (Å²) in [5.41, 5.74) is 0.945. The van der Waals surface area contributed by atoms with Gasteiger partial charge < -0.3 is 14.6 Å². The molecule has 0 saturated carbocycles. The van der Waals surface area contributed by atoms with E-state index in [2.05, 4.69) is 23.5 Å². The van der Waals surface area contributed by atoms with Crippen molar-refractivity contribution < 1.29 is 23.4 Å². The zero-order valence-corrected chi connectivity index (χ0v) is 12.7. The van der Waals surface area contributed by atoms with E-state index in [1.807, 2.05) is 0 Å². The van der Waals surface area contributed by atoms with Gasteiger partial charge in [-0.1, -0.05) is 6.07 Å². The SMILES string of the molecule is COc1cc(CN(CCCO)C(C)C)ccc1OC(F)F. The lowest BCUT2D eigenvalue weighted by molar-refractivity contribution is -0.0512. The molecule has 120 valence electrons. The molecular weight excluding hydrogens is 280 g/mol. The number of aliphatic hydroxyl groups is 1. The Bertz CT molecular complexity index is 427. The zero-order chi connectivity index (χ0) is 15.8. The highest BCUT2D eigenvalue weighted by Gasteiger charge is 2.14. The van der Waals surface area contributed by atoms with E-state index in [4.69, 9.17) is 9.84 Å². The predicted molar refractivity (Wildman–Crippen MR) is 76.9 cm³/mol. The zero-order valence-electron chi connectivity index (χ0n) is 12.7. The number of rotatable bonds is 9. The van der Waals surface area contributed by atoms with E-state index in [1.54, 1.807) is 12.1 Å². The van der Waals surface area contributed by atoms with Crippen LogP contribution in [0, 0.1) is 0 Å². The van der Waals surface area contributed by atoms with E-state index in [0.717, 1.165) is 12.1 Å². The Morgan fingerprint density at radius 3 is 2.48 bits per heavy atom. The van der Waals surface area contributed by atoms with Gasteiger partial charge in [-0.05, 0) is 38.0 Å². The molecule has 1 aromatic carbocycles. The average molecular weight is 303 g/mol. The molecule has 0 heterocycles. The molecule has 0 aliphatic carbocycles. The van der Waals surface area contributed by atoms with Crippen molar-refractivity contribution in [3.05, 3.63) is 23.8 Å². The van der Waals surface area contributed by atoms with Crippen LogP contribution in [0.3, 0.4) is 0 Å². The van der Waals surface area contributed by atoms with Crippen molar-refractivity contribution in [2.75, 3.05) is 20.3 Å². The molecule has 0 radical (unpaired) electrons. The number of halogens is 2. The van der Waals surface area contributed by atoms with Crippen LogP contribution in [0.2, 0.25) is 0 Å². The van der Waals surface area contributed by atoms with Crippen LogP contribution >= 0.6 is 0 Å². The molecule has 0 unspecified atom stereocenters. The third kappa shape index (κ3) is 5.85. The normalized spacial score (nSPS) is 11.5. The number of nitrogens with zero attached hydrogens (tertiary/aromatic N) is 1. The minimum Gasteiger partial charge on any atom is -0.493 e. The van der Waals surface area contributed by atoms with Crippen LogP contribution in [0.4, 0.5) is 8.78 Å². The Balaban J connectivity index is 2.82. The first-order valence-electron chi connectivity index (χ1n) is 6.94. The summed E-state index contributed by atoms with van der Waals surface area (Å²) in [5.74, 6) is 0.321. The first kappa shape index (κ1) is 17.7. The maximum Gasteiger partial charge on any atom is 0.387 e. The number of benzene rings is 1. The second-order valence-corrected chi connectivity index (χ2v) is 5.01. The molecule has 21 heavy (non-hydrogen) atoms. The summed E-state index contributed by atoms with van der Waals surface area (Å²) in [4.78, 5) is 2.19. The van der Waals surface area contributed by atoms with E-state index >= 15 is 0 Å². The lowest BCUT2D eigenvalue weighted by Gasteiger charge is -2.26. The van der Waals surface area contributed by atoms with Crippen LogP contribution in [-0.4, -0.2) is 42.9 Å². The van der Waals surface area contributed by atoms with Gasteiger partial charge in [-0.15, -0.1) is 0 Å². The minimum absolute atomic E-state index is 0.0303. The Hall–Kier alpha value is -1.40. The van der Waals surface area contributed by atoms with Crippen LogP contribution in [0.25, 0.3) is 0 Å². The molecule has 1 aromatic rings. The fraction of sp³-hybridized carbons (Fsp3) is 0.600. The van der Waals surface area contributed by atoms with Crippen LogP contribution < -0.4 is 9.47 Å². The Morgan fingerprint density at radius 2 is 1.95 bits per heavy atom. The standard InChI is InChI=1S/C15H23F2NO3/c1-11(2)18(7-4-8-19)10-12-5-6-13(21-15(16)17)14(9-12)20-3/h5-6,9,11,15,19H,4,7-8,10H2,1-3H3. The van der Waals surface area contributed by atoms with Gasteiger partial charge in [-0.3, -0.25) is 4.90 Å². The smallest absolute Gasteiger partial charge is 0.387 e. The third-order valence-electron chi connectivity index (χ3n) is 3.16. The molecule has 0 aliphatic heterocycles. The summed E-state index contributed by atoms with van der Waals surface area (Å²) in [7, 11) is 1.42. The van der Waals surface area contributed by atoms with Gasteiger partial charge in [-0.25, -0.2) is 0 Å². The topological polar surface area (TPSA) is 41.9 Å². The quantitative estimate of drug-likeness (QED) is 0.761. The first-order chi connectivity index (χ1) is 9.97. The number of methoxy groups -OCH3 is 1. The molecule has 0 fully saturated rings. The molecule has 0 aliphatic rings. The van der Waals surface area contributed by atoms with Gasteiger partial charge in [0.15, 0.2) is 11.5 Å². The number of hydrogen-bond acceptors (Lipinski definition) is 4. The molecule has 4 nitrogen and oxygen atoms in total. The Morgan fingerprint density at radius 1 is 1.24 bits per heavy atom. The van der Waals surface area contributed by atoms with Crippen molar-refractivity contribution in [2.45, 2.75) is 39.5 Å². The first-order valence-corrected chi connectivity index (χ1v) is 6.94. The second kappa shape index (κ2) is 8.79. The van der Waals surface area contributed by atoms with Gasteiger partial charge in [0, 0.05) is 25.7 Å². The van der Waals surface area contributed by atoms with Crippen LogP contribution in [0.15, 0.2) is 18.2 Å². The van der Waals surface area contributed by atoms with E-state index in [9.17, 15) is 8.78 Å². The molecule has 0 atom stereocenters. The van der Waals surface area contributed by atoms with Gasteiger partial charge in [0.05, 0.1) is 7.11 Å². The lowest BCUT2D eigenvalue weighted by atomic mass is 10.1. The summed E-state index contributed by atoms with van der Waals surface area (Å²) in [6.45, 7) is 2.84. The average Bonchev–Trinajstić information content (AvgIpc) is 2.43. The summed E-state index contributed by atoms with van der Waals surface area (Å²) in [6.07, 6.45) is 0.696. The van der Waals surface area contributed by atoms with Gasteiger partial charge >= 0.3 is 6.61 Å². The van der Waals surface area contributed by atoms with Crippen molar-refractivity contribution in [2.24, 2.45) is 0 Å². The maximum absolute atomic E-state index is 12.3. The predicted octanol–water partition coefficient (Wildman–Crippen LogP) is 2.89. The molecule has 0 bridgehead atoms. The molecule has 0 spiro atoms. The van der Waals surface area contributed by atoms with E-state index < -0.39 is 6.61 Å². The number of aliphatic hydroxyl groups excluding tert-OH is 1. The van der Waals surface area contributed by atoms with E-state index in [-0.39, 0.29) is 12.4 Å². The Kier molecular flexibility index (Phi) is 7.39. The van der Waals surface area contributed by atoms with Gasteiger partial charge in [0.25, 0.3) is 0 Å². The van der Waals surface area contributed by atoms with E-state index in [1.165, 1.54) is 13.2 Å². The fourth-order valence-corrected chi connectivity index (χ4v) is 2.03. The molecule has 0 amide bonds. The molecular formula is C15H23F2NO3. The van der Waals surface area contributed by atoms with Gasteiger partial charge in [0.1, 0.15) is 0 Å². The largest absolute Gasteiger partial charge is 0.493 e. The number of ether oxygens (including phenoxy) is 2. The minimum atomic E-state index is -2.87. The van der Waals surface area contributed by atoms with Crippen molar-refractivity contribution in [1.82, 2.24) is 4.90 Å². The molecule has 6 heteroatoms. The molecule has 0 saturated heterocycles.